The van der Waals surface area contributed by atoms with E-state index in [1.54, 1.807) is 23.1 Å². The summed E-state index contributed by atoms with van der Waals surface area (Å²) in [6.45, 7) is 2.70. The molecule has 1 fully saturated rings. The molecule has 1 aromatic carbocycles. The van der Waals surface area contributed by atoms with Gasteiger partial charge in [-0.05, 0) is 17.7 Å². The van der Waals surface area contributed by atoms with Crippen molar-refractivity contribution in [2.24, 2.45) is 7.05 Å². The second-order valence-corrected chi connectivity index (χ2v) is 6.23. The van der Waals surface area contributed by atoms with Gasteiger partial charge in [-0.25, -0.2) is 9.97 Å². The summed E-state index contributed by atoms with van der Waals surface area (Å²) in [6.07, 6.45) is 3.47. The van der Waals surface area contributed by atoms with Crippen LogP contribution < -0.4 is 4.90 Å². The number of hydrogen-bond acceptors (Lipinski definition) is 5. The fourth-order valence-corrected chi connectivity index (χ4v) is 3.18. The number of anilines is 1. The third-order valence-corrected chi connectivity index (χ3v) is 4.57. The van der Waals surface area contributed by atoms with E-state index in [-0.39, 0.29) is 5.91 Å². The highest BCUT2D eigenvalue weighted by Crippen LogP contribution is 2.20. The van der Waals surface area contributed by atoms with E-state index in [4.69, 9.17) is 0 Å². The minimum Gasteiger partial charge on any atom is -0.337 e. The number of benzene rings is 1. The number of amides is 1. The van der Waals surface area contributed by atoms with Crippen LogP contribution in [-0.4, -0.2) is 56.7 Å². The summed E-state index contributed by atoms with van der Waals surface area (Å²) >= 11 is 0. The average Bonchev–Trinajstić information content (AvgIpc) is 3.10. The molecule has 0 atom stereocenters. The molecule has 1 aliphatic rings. The number of rotatable bonds is 3. The summed E-state index contributed by atoms with van der Waals surface area (Å²) in [5.74, 6) is 0.681. The molecular formula is C19H20N6O. The Morgan fingerprint density at radius 3 is 2.35 bits per heavy atom. The normalized spacial score (nSPS) is 14.5. The molecular weight excluding hydrogens is 328 g/mol. The van der Waals surface area contributed by atoms with E-state index in [9.17, 15) is 4.79 Å². The van der Waals surface area contributed by atoms with Crippen LogP contribution >= 0.6 is 0 Å². The Balaban J connectivity index is 1.46. The van der Waals surface area contributed by atoms with Crippen LogP contribution in [0.4, 0.5) is 5.95 Å². The molecule has 1 amide bonds. The lowest BCUT2D eigenvalue weighted by atomic mass is 10.1. The number of aryl methyl sites for hydroxylation is 1. The number of hydrogen-bond donors (Lipinski definition) is 0. The van der Waals surface area contributed by atoms with Crippen LogP contribution in [0.15, 0.2) is 54.9 Å². The van der Waals surface area contributed by atoms with Gasteiger partial charge in [-0.15, -0.1) is 0 Å². The zero-order chi connectivity index (χ0) is 17.9. The molecule has 0 spiro atoms. The molecule has 0 N–H and O–H groups in total. The summed E-state index contributed by atoms with van der Waals surface area (Å²) in [5, 5.41) is 4.43. The van der Waals surface area contributed by atoms with Crippen molar-refractivity contribution in [3.63, 3.8) is 0 Å². The third kappa shape index (κ3) is 3.15. The lowest BCUT2D eigenvalue weighted by Gasteiger charge is -2.34. The van der Waals surface area contributed by atoms with Crippen LogP contribution in [0.5, 0.6) is 0 Å². The third-order valence-electron chi connectivity index (χ3n) is 4.57. The maximum absolute atomic E-state index is 12.8. The highest BCUT2D eigenvalue weighted by molar-refractivity contribution is 5.93. The average molecular weight is 348 g/mol. The van der Waals surface area contributed by atoms with Crippen molar-refractivity contribution >= 4 is 11.9 Å². The van der Waals surface area contributed by atoms with Gasteiger partial charge in [-0.2, -0.15) is 5.10 Å². The molecule has 3 heterocycles. The maximum Gasteiger partial charge on any atom is 0.274 e. The first-order chi connectivity index (χ1) is 12.7. The molecule has 7 nitrogen and oxygen atoms in total. The maximum atomic E-state index is 12.8. The van der Waals surface area contributed by atoms with Crippen molar-refractivity contribution < 1.29 is 4.79 Å². The van der Waals surface area contributed by atoms with Crippen molar-refractivity contribution in [2.45, 2.75) is 0 Å². The molecule has 132 valence electrons. The number of piperazine rings is 1. The van der Waals surface area contributed by atoms with Crippen molar-refractivity contribution in [3.8, 4) is 11.3 Å². The Morgan fingerprint density at radius 1 is 0.962 bits per heavy atom. The number of aromatic nitrogens is 4. The van der Waals surface area contributed by atoms with E-state index in [1.807, 2.05) is 48.3 Å². The second-order valence-electron chi connectivity index (χ2n) is 6.23. The molecule has 3 aromatic rings. The highest BCUT2D eigenvalue weighted by Gasteiger charge is 2.25. The molecule has 0 radical (unpaired) electrons. The van der Waals surface area contributed by atoms with Gasteiger partial charge in [0, 0.05) is 45.6 Å². The van der Waals surface area contributed by atoms with Gasteiger partial charge < -0.3 is 9.80 Å². The van der Waals surface area contributed by atoms with Crippen LogP contribution in [0.3, 0.4) is 0 Å². The SMILES string of the molecule is Cn1nc(C(=O)N2CCN(c3ncccn3)CC2)cc1-c1ccccc1. The Morgan fingerprint density at radius 2 is 1.65 bits per heavy atom. The smallest absolute Gasteiger partial charge is 0.274 e. The van der Waals surface area contributed by atoms with Crippen molar-refractivity contribution in [3.05, 3.63) is 60.6 Å². The number of nitrogens with zero attached hydrogens (tertiary/aromatic N) is 6. The first-order valence-electron chi connectivity index (χ1n) is 8.63. The zero-order valence-corrected chi connectivity index (χ0v) is 14.6. The first-order valence-corrected chi connectivity index (χ1v) is 8.63. The van der Waals surface area contributed by atoms with Crippen molar-refractivity contribution in [2.75, 3.05) is 31.1 Å². The molecule has 0 aliphatic carbocycles. The first kappa shape index (κ1) is 16.3. The molecule has 0 bridgehead atoms. The van der Waals surface area contributed by atoms with Crippen molar-refractivity contribution in [1.82, 2.24) is 24.6 Å². The van der Waals surface area contributed by atoms with E-state index in [0.29, 0.717) is 37.8 Å². The van der Waals surface area contributed by atoms with Crippen LogP contribution in [0.25, 0.3) is 11.3 Å². The predicted octanol–water partition coefficient (Wildman–Crippen LogP) is 1.84. The Hall–Kier alpha value is -3.22. The van der Waals surface area contributed by atoms with Crippen LogP contribution in [0.1, 0.15) is 10.5 Å². The van der Waals surface area contributed by atoms with Crippen molar-refractivity contribution in [1.29, 1.82) is 0 Å². The molecule has 2 aromatic heterocycles. The van der Waals surface area contributed by atoms with E-state index in [0.717, 1.165) is 11.3 Å². The van der Waals surface area contributed by atoms with Gasteiger partial charge in [0.25, 0.3) is 5.91 Å². The minimum absolute atomic E-state index is 0.0311. The predicted molar refractivity (Wildman–Crippen MR) is 98.8 cm³/mol. The monoisotopic (exact) mass is 348 g/mol. The molecule has 7 heteroatoms. The van der Waals surface area contributed by atoms with E-state index in [2.05, 4.69) is 20.0 Å². The molecule has 26 heavy (non-hydrogen) atoms. The second kappa shape index (κ2) is 6.95. The molecule has 4 rings (SSSR count). The Kier molecular flexibility index (Phi) is 4.35. The zero-order valence-electron chi connectivity index (χ0n) is 14.6. The summed E-state index contributed by atoms with van der Waals surface area (Å²) in [5.41, 5.74) is 2.47. The van der Waals surface area contributed by atoms with E-state index in [1.165, 1.54) is 0 Å². The number of carbonyl (C=O) groups excluding carboxylic acids is 1. The van der Waals surface area contributed by atoms with Gasteiger partial charge >= 0.3 is 0 Å². The van der Waals surface area contributed by atoms with Crippen LogP contribution in [0, 0.1) is 0 Å². The Labute approximate surface area is 151 Å². The van der Waals surface area contributed by atoms with E-state index >= 15 is 0 Å². The standard InChI is InChI=1S/C19H20N6O/c1-23-17(15-6-3-2-4-7-15)14-16(22-23)18(26)24-10-12-25(13-11-24)19-20-8-5-9-21-19/h2-9,14H,10-13H2,1H3. The lowest BCUT2D eigenvalue weighted by molar-refractivity contribution is 0.0739. The van der Waals surface area contributed by atoms with Gasteiger partial charge in [-0.1, -0.05) is 30.3 Å². The molecule has 1 aliphatic heterocycles. The van der Waals surface area contributed by atoms with Gasteiger partial charge in [0.05, 0.1) is 5.69 Å². The Bertz CT molecular complexity index is 885. The molecule has 0 unspecified atom stereocenters. The summed E-state index contributed by atoms with van der Waals surface area (Å²) in [6, 6.07) is 13.6. The van der Waals surface area contributed by atoms with Crippen LogP contribution in [-0.2, 0) is 7.05 Å². The minimum atomic E-state index is -0.0311. The molecule has 0 saturated carbocycles. The quantitative estimate of drug-likeness (QED) is 0.722. The fraction of sp³-hybridized carbons (Fsp3) is 0.263. The van der Waals surface area contributed by atoms with Gasteiger partial charge in [0.2, 0.25) is 5.95 Å². The topological polar surface area (TPSA) is 67.2 Å². The number of carbonyl (C=O) groups is 1. The van der Waals surface area contributed by atoms with Gasteiger partial charge in [-0.3, -0.25) is 9.48 Å². The van der Waals surface area contributed by atoms with Gasteiger partial charge in [0.1, 0.15) is 0 Å². The summed E-state index contributed by atoms with van der Waals surface area (Å²) in [7, 11) is 1.86. The highest BCUT2D eigenvalue weighted by atomic mass is 16.2. The fourth-order valence-electron chi connectivity index (χ4n) is 3.18. The largest absolute Gasteiger partial charge is 0.337 e. The van der Waals surface area contributed by atoms with E-state index < -0.39 is 0 Å². The van der Waals surface area contributed by atoms with Gasteiger partial charge in [0.15, 0.2) is 5.69 Å². The lowest BCUT2D eigenvalue weighted by Crippen LogP contribution is -2.49. The summed E-state index contributed by atoms with van der Waals surface area (Å²) in [4.78, 5) is 25.3. The summed E-state index contributed by atoms with van der Waals surface area (Å²) < 4.78 is 1.76. The molecule has 1 saturated heterocycles. The van der Waals surface area contributed by atoms with Crippen LogP contribution in [0.2, 0.25) is 0 Å².